The fraction of sp³-hybridized carbons (Fsp3) is 0.250. The van der Waals surface area contributed by atoms with Gasteiger partial charge >= 0.3 is 0 Å². The lowest BCUT2D eigenvalue weighted by Crippen LogP contribution is -2.34. The molecule has 1 aliphatic rings. The van der Waals surface area contributed by atoms with Crippen molar-refractivity contribution >= 4 is 33.6 Å². The molecule has 2 N–H and O–H groups in total. The molecule has 0 bridgehead atoms. The summed E-state index contributed by atoms with van der Waals surface area (Å²) in [5.41, 5.74) is 2.00. The van der Waals surface area contributed by atoms with Crippen LogP contribution in [-0.4, -0.2) is 37.5 Å². The number of nitrogen functional groups attached to an aromatic ring is 1. The van der Waals surface area contributed by atoms with Gasteiger partial charge in [0.15, 0.2) is 5.82 Å². The van der Waals surface area contributed by atoms with Crippen molar-refractivity contribution in [2.24, 2.45) is 0 Å². The normalized spacial score (nSPS) is 13.5. The van der Waals surface area contributed by atoms with Crippen molar-refractivity contribution in [2.45, 2.75) is 30.6 Å². The van der Waals surface area contributed by atoms with Crippen LogP contribution < -0.4 is 5.84 Å². The van der Waals surface area contributed by atoms with Gasteiger partial charge in [0.25, 0.3) is 0 Å². The second-order valence-electron chi connectivity index (χ2n) is 6.68. The topological polar surface area (TPSA) is 77.0 Å². The van der Waals surface area contributed by atoms with E-state index in [2.05, 4.69) is 38.3 Å². The third-order valence-corrected chi connectivity index (χ3v) is 6.23. The maximum atomic E-state index is 12.8. The summed E-state index contributed by atoms with van der Waals surface area (Å²) in [5, 5.41) is 8.89. The SMILES string of the molecule is Nn1c(SCC(=O)N(Cc2ccccc2)C2CC2)nnc1-c1ccccc1Br. The summed E-state index contributed by atoms with van der Waals surface area (Å²) in [6.07, 6.45) is 2.14. The summed E-state index contributed by atoms with van der Waals surface area (Å²) in [5.74, 6) is 7.13. The van der Waals surface area contributed by atoms with Crippen LogP contribution >= 0.6 is 27.7 Å². The first-order valence-electron chi connectivity index (χ1n) is 9.05. The second kappa shape index (κ2) is 8.36. The number of thioether (sulfide) groups is 1. The van der Waals surface area contributed by atoms with E-state index < -0.39 is 0 Å². The Bertz CT molecular complexity index is 974. The summed E-state index contributed by atoms with van der Waals surface area (Å²) < 4.78 is 2.33. The summed E-state index contributed by atoms with van der Waals surface area (Å²) in [4.78, 5) is 14.8. The lowest BCUT2D eigenvalue weighted by atomic mass is 10.2. The molecule has 0 aliphatic heterocycles. The van der Waals surface area contributed by atoms with Gasteiger partial charge in [0, 0.05) is 22.6 Å². The molecule has 1 fully saturated rings. The molecule has 1 heterocycles. The van der Waals surface area contributed by atoms with Crippen LogP contribution in [0.4, 0.5) is 0 Å². The Hall–Kier alpha value is -2.32. The molecule has 1 aliphatic carbocycles. The van der Waals surface area contributed by atoms with Crippen LogP contribution in [0.2, 0.25) is 0 Å². The maximum Gasteiger partial charge on any atom is 0.233 e. The van der Waals surface area contributed by atoms with Crippen LogP contribution in [0.5, 0.6) is 0 Å². The maximum absolute atomic E-state index is 12.8. The zero-order chi connectivity index (χ0) is 19.5. The highest BCUT2D eigenvalue weighted by Crippen LogP contribution is 2.31. The van der Waals surface area contributed by atoms with E-state index in [0.717, 1.165) is 28.4 Å². The van der Waals surface area contributed by atoms with Crippen molar-refractivity contribution in [2.75, 3.05) is 11.6 Å². The average molecular weight is 458 g/mol. The fourth-order valence-corrected chi connectivity index (χ4v) is 4.20. The van der Waals surface area contributed by atoms with Gasteiger partial charge in [0.05, 0.1) is 5.75 Å². The van der Waals surface area contributed by atoms with E-state index in [4.69, 9.17) is 5.84 Å². The van der Waals surface area contributed by atoms with E-state index in [1.807, 2.05) is 47.4 Å². The molecule has 1 aromatic heterocycles. The highest BCUT2D eigenvalue weighted by atomic mass is 79.9. The molecule has 0 saturated heterocycles. The first kappa shape index (κ1) is 19.0. The molecule has 0 unspecified atom stereocenters. The lowest BCUT2D eigenvalue weighted by molar-refractivity contribution is -0.129. The van der Waals surface area contributed by atoms with Gasteiger partial charge in [-0.2, -0.15) is 0 Å². The number of benzene rings is 2. The summed E-state index contributed by atoms with van der Waals surface area (Å²) in [6.45, 7) is 0.641. The monoisotopic (exact) mass is 457 g/mol. The standard InChI is InChI=1S/C20H20BrN5OS/c21-17-9-5-4-8-16(17)19-23-24-20(26(19)22)28-13-18(27)25(15-10-11-15)12-14-6-2-1-3-7-14/h1-9,15H,10-13,22H2. The number of halogens is 1. The van der Waals surface area contributed by atoms with Crippen molar-refractivity contribution in [1.82, 2.24) is 19.8 Å². The molecular formula is C20H20BrN5OS. The van der Waals surface area contributed by atoms with Gasteiger partial charge in [-0.05, 0) is 30.5 Å². The van der Waals surface area contributed by atoms with Crippen LogP contribution in [0.25, 0.3) is 11.4 Å². The van der Waals surface area contributed by atoms with Gasteiger partial charge in [-0.15, -0.1) is 10.2 Å². The van der Waals surface area contributed by atoms with Crippen LogP contribution in [0.15, 0.2) is 64.2 Å². The second-order valence-corrected chi connectivity index (χ2v) is 8.48. The number of hydrogen-bond acceptors (Lipinski definition) is 5. The average Bonchev–Trinajstić information content (AvgIpc) is 3.49. The molecule has 1 amide bonds. The largest absolute Gasteiger partial charge is 0.335 e. The third-order valence-electron chi connectivity index (χ3n) is 4.61. The number of rotatable bonds is 7. The molecule has 1 saturated carbocycles. The van der Waals surface area contributed by atoms with Gasteiger partial charge in [0.1, 0.15) is 0 Å². The predicted molar refractivity (Wildman–Crippen MR) is 114 cm³/mol. The van der Waals surface area contributed by atoms with Crippen molar-refractivity contribution in [3.05, 3.63) is 64.6 Å². The van der Waals surface area contributed by atoms with E-state index in [0.29, 0.717) is 23.6 Å². The number of aromatic nitrogens is 3. The van der Waals surface area contributed by atoms with Crippen molar-refractivity contribution in [3.8, 4) is 11.4 Å². The van der Waals surface area contributed by atoms with E-state index in [1.165, 1.54) is 16.4 Å². The van der Waals surface area contributed by atoms with E-state index in [-0.39, 0.29) is 11.7 Å². The van der Waals surface area contributed by atoms with E-state index in [9.17, 15) is 4.79 Å². The van der Waals surface area contributed by atoms with Gasteiger partial charge in [-0.1, -0.05) is 70.2 Å². The van der Waals surface area contributed by atoms with Crippen LogP contribution in [-0.2, 0) is 11.3 Å². The highest BCUT2D eigenvalue weighted by molar-refractivity contribution is 9.10. The molecule has 6 nitrogen and oxygen atoms in total. The number of amides is 1. The predicted octanol–water partition coefficient (Wildman–Crippen LogP) is 3.70. The molecule has 0 atom stereocenters. The Kier molecular flexibility index (Phi) is 5.68. The van der Waals surface area contributed by atoms with Gasteiger partial charge in [-0.25, -0.2) is 4.68 Å². The molecule has 8 heteroatoms. The van der Waals surface area contributed by atoms with Gasteiger partial charge in [0.2, 0.25) is 11.1 Å². The Morgan fingerprint density at radius 1 is 1.14 bits per heavy atom. The minimum Gasteiger partial charge on any atom is -0.335 e. The Labute approximate surface area is 176 Å². The zero-order valence-corrected chi connectivity index (χ0v) is 17.6. The molecule has 28 heavy (non-hydrogen) atoms. The van der Waals surface area contributed by atoms with Crippen LogP contribution in [0, 0.1) is 0 Å². The summed E-state index contributed by atoms with van der Waals surface area (Å²) >= 11 is 4.83. The van der Waals surface area contributed by atoms with E-state index in [1.54, 1.807) is 0 Å². The lowest BCUT2D eigenvalue weighted by Gasteiger charge is -2.22. The Balaban J connectivity index is 1.44. The number of nitrogens with zero attached hydrogens (tertiary/aromatic N) is 4. The van der Waals surface area contributed by atoms with Crippen molar-refractivity contribution in [3.63, 3.8) is 0 Å². The molecule has 0 radical (unpaired) electrons. The molecule has 144 valence electrons. The molecule has 3 aromatic rings. The minimum atomic E-state index is 0.0989. The molecule has 2 aromatic carbocycles. The Morgan fingerprint density at radius 3 is 2.57 bits per heavy atom. The smallest absolute Gasteiger partial charge is 0.233 e. The van der Waals surface area contributed by atoms with Crippen molar-refractivity contribution < 1.29 is 4.79 Å². The summed E-state index contributed by atoms with van der Waals surface area (Å²) in [7, 11) is 0. The minimum absolute atomic E-state index is 0.0989. The summed E-state index contributed by atoms with van der Waals surface area (Å²) in [6, 6.07) is 18.1. The number of carbonyl (C=O) groups is 1. The van der Waals surface area contributed by atoms with Crippen molar-refractivity contribution in [1.29, 1.82) is 0 Å². The molecule has 4 rings (SSSR count). The first-order chi connectivity index (χ1) is 13.6. The van der Waals surface area contributed by atoms with E-state index >= 15 is 0 Å². The van der Waals surface area contributed by atoms with Gasteiger partial charge in [-0.3, -0.25) is 4.79 Å². The number of nitrogens with two attached hydrogens (primary N) is 1. The zero-order valence-electron chi connectivity index (χ0n) is 15.2. The third kappa shape index (κ3) is 4.23. The number of carbonyl (C=O) groups excluding carboxylic acids is 1. The number of hydrogen-bond donors (Lipinski definition) is 1. The first-order valence-corrected chi connectivity index (χ1v) is 10.8. The van der Waals surface area contributed by atoms with Crippen LogP contribution in [0.1, 0.15) is 18.4 Å². The quantitative estimate of drug-likeness (QED) is 0.432. The van der Waals surface area contributed by atoms with Gasteiger partial charge < -0.3 is 10.7 Å². The fourth-order valence-electron chi connectivity index (χ4n) is 3.00. The Morgan fingerprint density at radius 2 is 1.86 bits per heavy atom. The van der Waals surface area contributed by atoms with Crippen LogP contribution in [0.3, 0.4) is 0 Å². The molecular weight excluding hydrogens is 438 g/mol. The molecule has 0 spiro atoms. The highest BCUT2D eigenvalue weighted by Gasteiger charge is 2.32.